The molecular formula is C13H16O6S. The molecule has 0 fully saturated rings. The molecular weight excluding hydrogens is 284 g/mol. The van der Waals surface area contributed by atoms with E-state index in [1.165, 1.54) is 13.2 Å². The average Bonchev–Trinajstić information content (AvgIpc) is 2.35. The lowest BCUT2D eigenvalue weighted by Gasteiger charge is -2.12. The molecule has 0 amide bonds. The van der Waals surface area contributed by atoms with Crippen LogP contribution in [0.5, 0.6) is 11.5 Å². The van der Waals surface area contributed by atoms with Crippen LogP contribution < -0.4 is 9.47 Å². The molecule has 1 N–H and O–H groups in total. The van der Waals surface area contributed by atoms with Crippen LogP contribution >= 0.6 is 0 Å². The molecule has 0 aliphatic carbocycles. The van der Waals surface area contributed by atoms with Crippen LogP contribution in [0.3, 0.4) is 0 Å². The quantitative estimate of drug-likeness (QED) is 0.761. The number of benzene rings is 1. The average molecular weight is 300 g/mol. The number of aliphatic carboxylic acids is 1. The van der Waals surface area contributed by atoms with Gasteiger partial charge in [0.1, 0.15) is 6.61 Å². The van der Waals surface area contributed by atoms with Gasteiger partial charge in [-0.2, -0.15) is 0 Å². The lowest BCUT2D eigenvalue weighted by Crippen LogP contribution is -2.13. The summed E-state index contributed by atoms with van der Waals surface area (Å²) < 4.78 is 32.7. The molecule has 0 saturated carbocycles. The molecule has 20 heavy (non-hydrogen) atoms. The van der Waals surface area contributed by atoms with Crippen molar-refractivity contribution in [3.63, 3.8) is 0 Å². The maximum absolute atomic E-state index is 11.1. The predicted octanol–water partition coefficient (Wildman–Crippen LogP) is 1.22. The number of methoxy groups -OCH3 is 1. The summed E-state index contributed by atoms with van der Waals surface area (Å²) in [5.74, 6) is -0.496. The molecule has 0 bridgehead atoms. The molecule has 0 unspecified atom stereocenters. The molecule has 7 heteroatoms. The van der Waals surface area contributed by atoms with Crippen molar-refractivity contribution in [3.05, 3.63) is 29.8 Å². The molecule has 0 atom stereocenters. The van der Waals surface area contributed by atoms with Gasteiger partial charge in [0.25, 0.3) is 0 Å². The first-order valence-corrected chi connectivity index (χ1v) is 7.78. The molecule has 0 aliphatic rings. The Labute approximate surface area is 117 Å². The molecule has 0 spiro atoms. The minimum atomic E-state index is -3.13. The summed E-state index contributed by atoms with van der Waals surface area (Å²) in [4.78, 5) is 10.5. The van der Waals surface area contributed by atoms with Crippen molar-refractivity contribution in [1.82, 2.24) is 0 Å². The van der Waals surface area contributed by atoms with Crippen LogP contribution in [0.1, 0.15) is 5.56 Å². The Morgan fingerprint density at radius 1 is 1.40 bits per heavy atom. The number of sulfone groups is 1. The van der Waals surface area contributed by atoms with Gasteiger partial charge in [-0.3, -0.25) is 0 Å². The number of carboxylic acid groups (broad SMARTS) is 1. The molecule has 0 radical (unpaired) electrons. The largest absolute Gasteiger partial charge is 0.493 e. The zero-order chi connectivity index (χ0) is 15.2. The minimum absolute atomic E-state index is 0.0346. The lowest BCUT2D eigenvalue weighted by molar-refractivity contribution is -0.131. The minimum Gasteiger partial charge on any atom is -0.493 e. The van der Waals surface area contributed by atoms with Gasteiger partial charge >= 0.3 is 5.97 Å². The predicted molar refractivity (Wildman–Crippen MR) is 74.9 cm³/mol. The number of carbonyl (C=O) groups is 1. The van der Waals surface area contributed by atoms with E-state index in [1.807, 2.05) is 0 Å². The van der Waals surface area contributed by atoms with E-state index in [9.17, 15) is 13.2 Å². The summed E-state index contributed by atoms with van der Waals surface area (Å²) in [5, 5.41) is 8.64. The van der Waals surface area contributed by atoms with Crippen molar-refractivity contribution < 1.29 is 27.8 Å². The molecule has 0 saturated heterocycles. The smallest absolute Gasteiger partial charge is 0.328 e. The van der Waals surface area contributed by atoms with Crippen LogP contribution in [0.2, 0.25) is 0 Å². The maximum atomic E-state index is 11.1. The molecule has 0 aromatic heterocycles. The number of ether oxygens (including phenoxy) is 2. The normalized spacial score (nSPS) is 11.5. The number of rotatable bonds is 7. The summed E-state index contributed by atoms with van der Waals surface area (Å²) in [6.07, 6.45) is 3.45. The molecule has 110 valence electrons. The Morgan fingerprint density at radius 3 is 2.65 bits per heavy atom. The van der Waals surface area contributed by atoms with Gasteiger partial charge < -0.3 is 14.6 Å². The van der Waals surface area contributed by atoms with E-state index in [1.54, 1.807) is 18.2 Å². The Kier molecular flexibility index (Phi) is 5.57. The van der Waals surface area contributed by atoms with Gasteiger partial charge in [0, 0.05) is 17.9 Å². The summed E-state index contributed by atoms with van der Waals surface area (Å²) in [7, 11) is -1.68. The highest BCUT2D eigenvalue weighted by Gasteiger charge is 2.10. The highest BCUT2D eigenvalue weighted by atomic mass is 32.2. The van der Waals surface area contributed by atoms with Crippen molar-refractivity contribution >= 4 is 21.9 Å². The zero-order valence-electron chi connectivity index (χ0n) is 11.2. The van der Waals surface area contributed by atoms with Gasteiger partial charge in [-0.1, -0.05) is 12.1 Å². The van der Waals surface area contributed by atoms with Crippen molar-refractivity contribution in [2.75, 3.05) is 25.7 Å². The SMILES string of the molecule is COc1cccc(/C=C/C(=O)O)c1OCCS(C)(=O)=O. The van der Waals surface area contributed by atoms with E-state index in [2.05, 4.69) is 0 Å². The van der Waals surface area contributed by atoms with E-state index >= 15 is 0 Å². The lowest BCUT2D eigenvalue weighted by atomic mass is 10.1. The number of hydrogen-bond donors (Lipinski definition) is 1. The van der Waals surface area contributed by atoms with Gasteiger partial charge in [0.15, 0.2) is 21.3 Å². The molecule has 0 aliphatic heterocycles. The van der Waals surface area contributed by atoms with Crippen LogP contribution in [0, 0.1) is 0 Å². The third-order valence-electron chi connectivity index (χ3n) is 2.34. The van der Waals surface area contributed by atoms with Crippen molar-refractivity contribution in [2.45, 2.75) is 0 Å². The molecule has 0 heterocycles. The van der Waals surface area contributed by atoms with Gasteiger partial charge in [-0.05, 0) is 12.1 Å². The van der Waals surface area contributed by atoms with Gasteiger partial charge in [-0.15, -0.1) is 0 Å². The zero-order valence-corrected chi connectivity index (χ0v) is 12.0. The maximum Gasteiger partial charge on any atom is 0.328 e. The second-order valence-electron chi connectivity index (χ2n) is 4.03. The summed E-state index contributed by atoms with van der Waals surface area (Å²) >= 11 is 0. The van der Waals surface area contributed by atoms with Gasteiger partial charge in [0.2, 0.25) is 0 Å². The fourth-order valence-electron chi connectivity index (χ4n) is 1.44. The Morgan fingerprint density at radius 2 is 2.10 bits per heavy atom. The standard InChI is InChI=1S/C13H16O6S/c1-18-11-5-3-4-10(6-7-12(14)15)13(11)19-8-9-20(2,16)17/h3-7H,8-9H2,1-2H3,(H,14,15)/b7-6+. The van der Waals surface area contributed by atoms with Crippen molar-refractivity contribution in [1.29, 1.82) is 0 Å². The highest BCUT2D eigenvalue weighted by molar-refractivity contribution is 7.90. The van der Waals surface area contributed by atoms with Crippen molar-refractivity contribution in [3.8, 4) is 11.5 Å². The fourth-order valence-corrected chi connectivity index (χ4v) is 1.82. The van der Waals surface area contributed by atoms with E-state index in [0.29, 0.717) is 17.1 Å². The Balaban J connectivity index is 2.98. The van der Waals surface area contributed by atoms with Gasteiger partial charge in [-0.25, -0.2) is 13.2 Å². The molecule has 6 nitrogen and oxygen atoms in total. The Hall–Kier alpha value is -2.02. The van der Waals surface area contributed by atoms with Crippen LogP contribution in [-0.2, 0) is 14.6 Å². The Bertz CT molecular complexity index is 603. The summed E-state index contributed by atoms with van der Waals surface area (Å²) in [5.41, 5.74) is 0.500. The number of hydrogen-bond acceptors (Lipinski definition) is 5. The topological polar surface area (TPSA) is 89.9 Å². The van der Waals surface area contributed by atoms with Gasteiger partial charge in [0.05, 0.1) is 12.9 Å². The number of para-hydroxylation sites is 1. The molecule has 1 rings (SSSR count). The highest BCUT2D eigenvalue weighted by Crippen LogP contribution is 2.31. The number of carboxylic acids is 1. The third kappa shape index (κ3) is 5.31. The van der Waals surface area contributed by atoms with E-state index in [0.717, 1.165) is 12.3 Å². The van der Waals surface area contributed by atoms with Crippen LogP contribution in [0.4, 0.5) is 0 Å². The van der Waals surface area contributed by atoms with Crippen molar-refractivity contribution in [2.24, 2.45) is 0 Å². The van der Waals surface area contributed by atoms with E-state index in [-0.39, 0.29) is 12.4 Å². The monoisotopic (exact) mass is 300 g/mol. The molecule has 1 aromatic rings. The first-order valence-electron chi connectivity index (χ1n) is 5.72. The second kappa shape index (κ2) is 6.95. The first-order chi connectivity index (χ1) is 9.33. The fraction of sp³-hybridized carbons (Fsp3) is 0.308. The second-order valence-corrected chi connectivity index (χ2v) is 6.29. The van der Waals surface area contributed by atoms with E-state index in [4.69, 9.17) is 14.6 Å². The van der Waals surface area contributed by atoms with E-state index < -0.39 is 15.8 Å². The van der Waals surface area contributed by atoms with Crippen LogP contribution in [0.15, 0.2) is 24.3 Å². The summed E-state index contributed by atoms with van der Waals surface area (Å²) in [6, 6.07) is 4.98. The molecule has 1 aromatic carbocycles. The van der Waals surface area contributed by atoms with Crippen LogP contribution in [0.25, 0.3) is 6.08 Å². The third-order valence-corrected chi connectivity index (χ3v) is 3.24. The van der Waals surface area contributed by atoms with Crippen LogP contribution in [-0.4, -0.2) is 45.2 Å². The summed E-state index contributed by atoms with van der Waals surface area (Å²) in [6.45, 7) is -0.0346. The first kappa shape index (κ1) is 16.0.